The van der Waals surface area contributed by atoms with Gasteiger partial charge in [-0.3, -0.25) is 19.5 Å². The van der Waals surface area contributed by atoms with Crippen LogP contribution in [-0.4, -0.2) is 65.3 Å². The van der Waals surface area contributed by atoms with Gasteiger partial charge in [0.15, 0.2) is 5.75 Å². The molecule has 3 heterocycles. The lowest BCUT2D eigenvalue weighted by Crippen LogP contribution is -2.38. The topological polar surface area (TPSA) is 108 Å². The van der Waals surface area contributed by atoms with E-state index in [-0.39, 0.29) is 28.6 Å². The molecule has 0 spiro atoms. The van der Waals surface area contributed by atoms with Crippen LogP contribution in [0.2, 0.25) is 0 Å². The summed E-state index contributed by atoms with van der Waals surface area (Å²) in [6.07, 6.45) is -3.12. The second kappa shape index (κ2) is 10.6. The van der Waals surface area contributed by atoms with Gasteiger partial charge in [0, 0.05) is 25.8 Å². The highest BCUT2D eigenvalue weighted by Gasteiger charge is 2.33. The molecule has 3 N–H and O–H groups in total. The summed E-state index contributed by atoms with van der Waals surface area (Å²) in [6, 6.07) is 3.74. The Labute approximate surface area is 202 Å². The molecule has 0 aliphatic carbocycles. The standard InChI is InChI=1S/C24H24F4N4O4/c25-16-3-2-15(17(12-16)24(26,27)28)10-14-11-18-20(30-13-14)21(33)19(23(35)31-18)22(34)29-4-1-5-32-6-8-36-9-7-32/h2-3,11-13H,1,4-10H2,(H,29,34)(H2,31,33,35). The van der Waals surface area contributed by atoms with E-state index in [1.165, 1.54) is 12.3 Å². The fourth-order valence-electron chi connectivity index (χ4n) is 4.11. The Kier molecular flexibility index (Phi) is 7.55. The highest BCUT2D eigenvalue weighted by Crippen LogP contribution is 2.34. The third kappa shape index (κ3) is 5.82. The van der Waals surface area contributed by atoms with Gasteiger partial charge in [-0.15, -0.1) is 0 Å². The molecule has 1 aromatic carbocycles. The molecule has 192 valence electrons. The van der Waals surface area contributed by atoms with E-state index in [4.69, 9.17) is 4.74 Å². The molecule has 36 heavy (non-hydrogen) atoms. The van der Waals surface area contributed by atoms with Crippen molar-refractivity contribution in [1.82, 2.24) is 20.2 Å². The van der Waals surface area contributed by atoms with Gasteiger partial charge in [0.05, 0.1) is 24.3 Å². The normalized spacial score (nSPS) is 14.8. The molecule has 0 saturated carbocycles. The van der Waals surface area contributed by atoms with Crippen LogP contribution in [0.4, 0.5) is 17.6 Å². The van der Waals surface area contributed by atoms with Crippen molar-refractivity contribution in [2.24, 2.45) is 0 Å². The predicted molar refractivity (Wildman–Crippen MR) is 122 cm³/mol. The number of aromatic amines is 1. The molecule has 12 heteroatoms. The highest BCUT2D eigenvalue weighted by molar-refractivity contribution is 6.01. The number of H-pyrrole nitrogens is 1. The SMILES string of the molecule is O=C(NCCCN1CCOCC1)c1c(O)c2ncc(Cc3ccc(F)cc3C(F)(F)F)cc2[nH]c1=O. The van der Waals surface area contributed by atoms with Gasteiger partial charge in [-0.2, -0.15) is 13.2 Å². The Hall–Kier alpha value is -3.51. The number of alkyl halides is 3. The van der Waals surface area contributed by atoms with Gasteiger partial charge in [-0.25, -0.2) is 4.39 Å². The molecule has 0 radical (unpaired) electrons. The number of hydrogen-bond acceptors (Lipinski definition) is 6. The van der Waals surface area contributed by atoms with E-state index in [1.54, 1.807) is 0 Å². The number of nitrogens with zero attached hydrogens (tertiary/aromatic N) is 2. The summed E-state index contributed by atoms with van der Waals surface area (Å²) in [7, 11) is 0. The maximum Gasteiger partial charge on any atom is 0.416 e. The van der Waals surface area contributed by atoms with Crippen LogP contribution in [0.1, 0.15) is 33.5 Å². The van der Waals surface area contributed by atoms with Crippen LogP contribution in [0.25, 0.3) is 11.0 Å². The first kappa shape index (κ1) is 25.6. The van der Waals surface area contributed by atoms with E-state index in [9.17, 15) is 32.3 Å². The molecular formula is C24H24F4N4O4. The number of benzene rings is 1. The molecule has 1 aliphatic heterocycles. The van der Waals surface area contributed by atoms with Crippen molar-refractivity contribution in [2.75, 3.05) is 39.4 Å². The monoisotopic (exact) mass is 508 g/mol. The molecule has 1 fully saturated rings. The Bertz CT molecular complexity index is 1320. The predicted octanol–water partition coefficient (Wildman–Crippen LogP) is 2.83. The molecular weight excluding hydrogens is 484 g/mol. The van der Waals surface area contributed by atoms with Crippen LogP contribution in [-0.2, 0) is 17.3 Å². The number of fused-ring (bicyclic) bond motifs is 1. The van der Waals surface area contributed by atoms with Crippen LogP contribution in [0, 0.1) is 5.82 Å². The first-order chi connectivity index (χ1) is 17.1. The number of morpholine rings is 1. The molecule has 0 atom stereocenters. The first-order valence-electron chi connectivity index (χ1n) is 11.3. The maximum absolute atomic E-state index is 13.4. The second-order valence-electron chi connectivity index (χ2n) is 8.46. The number of ether oxygens (including phenoxy) is 1. The van der Waals surface area contributed by atoms with Gasteiger partial charge in [-0.1, -0.05) is 6.07 Å². The van der Waals surface area contributed by atoms with Crippen molar-refractivity contribution in [3.63, 3.8) is 0 Å². The van der Waals surface area contributed by atoms with Gasteiger partial charge >= 0.3 is 6.18 Å². The van der Waals surface area contributed by atoms with Crippen LogP contribution in [0.15, 0.2) is 35.3 Å². The molecule has 8 nitrogen and oxygen atoms in total. The summed E-state index contributed by atoms with van der Waals surface area (Å²) in [5.74, 6) is -2.39. The quantitative estimate of drug-likeness (QED) is 0.335. The average Bonchev–Trinajstić information content (AvgIpc) is 2.83. The number of aromatic hydroxyl groups is 1. The van der Waals surface area contributed by atoms with E-state index in [1.807, 2.05) is 0 Å². The molecule has 1 amide bonds. The zero-order valence-electron chi connectivity index (χ0n) is 19.1. The summed E-state index contributed by atoms with van der Waals surface area (Å²) in [5, 5.41) is 13.2. The fourth-order valence-corrected chi connectivity index (χ4v) is 4.11. The van der Waals surface area contributed by atoms with Gasteiger partial charge in [0.1, 0.15) is 16.9 Å². The third-order valence-corrected chi connectivity index (χ3v) is 5.92. The lowest BCUT2D eigenvalue weighted by atomic mass is 9.99. The smallest absolute Gasteiger partial charge is 0.416 e. The minimum atomic E-state index is -4.75. The Morgan fingerprint density at radius 3 is 2.69 bits per heavy atom. The summed E-state index contributed by atoms with van der Waals surface area (Å²) >= 11 is 0. The lowest BCUT2D eigenvalue weighted by Gasteiger charge is -2.26. The van der Waals surface area contributed by atoms with Crippen molar-refractivity contribution < 1.29 is 32.2 Å². The van der Waals surface area contributed by atoms with Crippen molar-refractivity contribution in [3.8, 4) is 5.75 Å². The average molecular weight is 508 g/mol. The first-order valence-corrected chi connectivity index (χ1v) is 11.3. The fraction of sp³-hybridized carbons (Fsp3) is 0.375. The lowest BCUT2D eigenvalue weighted by molar-refractivity contribution is -0.138. The highest BCUT2D eigenvalue weighted by atomic mass is 19.4. The number of carbonyl (C=O) groups excluding carboxylic acids is 1. The number of aromatic nitrogens is 2. The molecule has 0 bridgehead atoms. The molecule has 4 rings (SSSR count). The molecule has 1 saturated heterocycles. The van der Waals surface area contributed by atoms with E-state index in [0.717, 1.165) is 31.8 Å². The van der Waals surface area contributed by atoms with Crippen molar-refractivity contribution in [2.45, 2.75) is 19.0 Å². The van der Waals surface area contributed by atoms with E-state index in [2.05, 4.69) is 20.2 Å². The van der Waals surface area contributed by atoms with E-state index < -0.39 is 40.3 Å². The number of carbonyl (C=O) groups is 1. The minimum absolute atomic E-state index is 0.0505. The van der Waals surface area contributed by atoms with Crippen molar-refractivity contribution in [3.05, 3.63) is 68.9 Å². The van der Waals surface area contributed by atoms with Crippen LogP contribution >= 0.6 is 0 Å². The Balaban J connectivity index is 1.50. The van der Waals surface area contributed by atoms with Gasteiger partial charge in [0.25, 0.3) is 11.5 Å². The van der Waals surface area contributed by atoms with Gasteiger partial charge in [0.2, 0.25) is 0 Å². The third-order valence-electron chi connectivity index (χ3n) is 5.92. The maximum atomic E-state index is 13.4. The number of rotatable bonds is 7. The number of hydrogen-bond donors (Lipinski definition) is 3. The number of halogens is 4. The van der Waals surface area contributed by atoms with Gasteiger partial charge in [-0.05, 0) is 48.7 Å². The number of amides is 1. The molecule has 0 unspecified atom stereocenters. The van der Waals surface area contributed by atoms with Crippen molar-refractivity contribution >= 4 is 16.9 Å². The summed E-state index contributed by atoms with van der Waals surface area (Å²) in [4.78, 5) is 33.8. The number of nitrogens with one attached hydrogen (secondary N) is 2. The Morgan fingerprint density at radius 2 is 1.97 bits per heavy atom. The molecule has 3 aromatic rings. The van der Waals surface area contributed by atoms with E-state index >= 15 is 0 Å². The van der Waals surface area contributed by atoms with Crippen LogP contribution in [0.3, 0.4) is 0 Å². The molecule has 2 aromatic heterocycles. The summed E-state index contributed by atoms with van der Waals surface area (Å²) in [5.41, 5.74) is -2.38. The second-order valence-corrected chi connectivity index (χ2v) is 8.46. The number of pyridine rings is 2. The zero-order chi connectivity index (χ0) is 25.9. The van der Waals surface area contributed by atoms with Crippen LogP contribution < -0.4 is 10.9 Å². The summed E-state index contributed by atoms with van der Waals surface area (Å²) < 4.78 is 58.6. The largest absolute Gasteiger partial charge is 0.505 e. The zero-order valence-corrected chi connectivity index (χ0v) is 19.1. The summed E-state index contributed by atoms with van der Waals surface area (Å²) in [6.45, 7) is 3.98. The minimum Gasteiger partial charge on any atom is -0.505 e. The van der Waals surface area contributed by atoms with E-state index in [0.29, 0.717) is 32.2 Å². The van der Waals surface area contributed by atoms with Crippen molar-refractivity contribution in [1.29, 1.82) is 0 Å². The Morgan fingerprint density at radius 1 is 1.22 bits per heavy atom. The molecule has 1 aliphatic rings. The van der Waals surface area contributed by atoms with Gasteiger partial charge < -0.3 is 20.1 Å². The van der Waals surface area contributed by atoms with Crippen LogP contribution in [0.5, 0.6) is 5.75 Å².